The van der Waals surface area contributed by atoms with E-state index in [4.69, 9.17) is 4.74 Å². The Kier molecular flexibility index (Phi) is 3.85. The molecule has 2 aromatic carbocycles. The maximum Gasteiger partial charge on any atom is 0.254 e. The van der Waals surface area contributed by atoms with Gasteiger partial charge in [0.25, 0.3) is 5.91 Å². The number of hydrogen-bond acceptors (Lipinski definition) is 2. The number of rotatable bonds is 1. The first kappa shape index (κ1) is 15.7. The number of ether oxygens (including phenoxy) is 1. The van der Waals surface area contributed by atoms with E-state index in [0.29, 0.717) is 13.1 Å². The summed E-state index contributed by atoms with van der Waals surface area (Å²) in [5.41, 5.74) is 2.84. The number of hydrogen-bond donors (Lipinski definition) is 1. The van der Waals surface area contributed by atoms with Gasteiger partial charge in [-0.25, -0.2) is 0 Å². The van der Waals surface area contributed by atoms with Crippen LogP contribution in [0.25, 0.3) is 21.8 Å². The second-order valence-electron chi connectivity index (χ2n) is 6.54. The number of nitrogens with zero attached hydrogens (tertiary/aromatic N) is 1. The van der Waals surface area contributed by atoms with E-state index in [9.17, 15) is 4.79 Å². The number of amides is 1. The van der Waals surface area contributed by atoms with Crippen LogP contribution in [0.4, 0.5) is 0 Å². The van der Waals surface area contributed by atoms with E-state index in [1.54, 1.807) is 0 Å². The van der Waals surface area contributed by atoms with Gasteiger partial charge >= 0.3 is 0 Å². The lowest BCUT2D eigenvalue weighted by Gasteiger charge is -2.35. The number of carbonyl (C=O) groups is 1. The van der Waals surface area contributed by atoms with Crippen molar-refractivity contribution < 1.29 is 9.53 Å². The number of aromatic nitrogens is 1. The monoisotopic (exact) mass is 386 g/mol. The van der Waals surface area contributed by atoms with Gasteiger partial charge in [-0.2, -0.15) is 0 Å². The Labute approximate surface area is 148 Å². The summed E-state index contributed by atoms with van der Waals surface area (Å²) in [5.74, 6) is 0.0744. The largest absolute Gasteiger partial charge is 0.372 e. The quantitative estimate of drug-likeness (QED) is 0.676. The fourth-order valence-corrected chi connectivity index (χ4v) is 3.90. The first-order valence-corrected chi connectivity index (χ1v) is 8.96. The number of halogens is 1. The minimum Gasteiger partial charge on any atom is -0.372 e. The van der Waals surface area contributed by atoms with Crippen molar-refractivity contribution in [3.63, 3.8) is 0 Å². The summed E-state index contributed by atoms with van der Waals surface area (Å²) in [6.45, 7) is 5.30. The lowest BCUT2D eigenvalue weighted by molar-refractivity contribution is -0.0586. The fourth-order valence-electron chi connectivity index (χ4n) is 3.54. The minimum atomic E-state index is 0.0744. The molecule has 1 aromatic heterocycles. The molecule has 0 saturated carbocycles. The highest BCUT2D eigenvalue weighted by Gasteiger charge is 2.26. The molecule has 124 valence electrons. The Hall–Kier alpha value is -1.85. The highest BCUT2D eigenvalue weighted by Crippen LogP contribution is 2.29. The van der Waals surface area contributed by atoms with Crippen molar-refractivity contribution in [2.24, 2.45) is 0 Å². The van der Waals surface area contributed by atoms with Crippen LogP contribution in [-0.2, 0) is 4.74 Å². The molecule has 1 amide bonds. The summed E-state index contributed by atoms with van der Waals surface area (Å²) >= 11 is 3.50. The van der Waals surface area contributed by atoms with Gasteiger partial charge in [-0.15, -0.1) is 0 Å². The van der Waals surface area contributed by atoms with Gasteiger partial charge in [0, 0.05) is 44.9 Å². The zero-order chi connectivity index (χ0) is 16.8. The van der Waals surface area contributed by atoms with Crippen LogP contribution in [0.1, 0.15) is 24.2 Å². The maximum absolute atomic E-state index is 12.9. The summed E-state index contributed by atoms with van der Waals surface area (Å²) in [6, 6.07) is 12.0. The standard InChI is InChI=1S/C19H19BrN2O2/c1-11-9-22(10-12(2)24-11)19(23)13-3-6-17-16(7-13)15-5-4-14(20)8-18(15)21-17/h3-8,11-12,21H,9-10H2,1-2H3. The van der Waals surface area contributed by atoms with Crippen LogP contribution in [0.3, 0.4) is 0 Å². The third-order valence-electron chi connectivity index (χ3n) is 4.51. The zero-order valence-corrected chi connectivity index (χ0v) is 15.3. The molecule has 1 saturated heterocycles. The zero-order valence-electron chi connectivity index (χ0n) is 13.7. The van der Waals surface area contributed by atoms with Crippen LogP contribution in [0.5, 0.6) is 0 Å². The predicted octanol–water partition coefficient (Wildman–Crippen LogP) is 4.33. The molecule has 2 unspecified atom stereocenters. The van der Waals surface area contributed by atoms with E-state index in [2.05, 4.69) is 33.0 Å². The van der Waals surface area contributed by atoms with Crippen molar-refractivity contribution >= 4 is 43.6 Å². The molecule has 1 fully saturated rings. The Morgan fingerprint density at radius 3 is 2.58 bits per heavy atom. The lowest BCUT2D eigenvalue weighted by atomic mass is 10.1. The molecule has 0 spiro atoms. The minimum absolute atomic E-state index is 0.0744. The third-order valence-corrected chi connectivity index (χ3v) is 5.01. The van der Waals surface area contributed by atoms with E-state index >= 15 is 0 Å². The molecule has 0 radical (unpaired) electrons. The van der Waals surface area contributed by atoms with Crippen molar-refractivity contribution in [1.82, 2.24) is 9.88 Å². The summed E-state index contributed by atoms with van der Waals surface area (Å²) in [7, 11) is 0. The second-order valence-corrected chi connectivity index (χ2v) is 7.46. The first-order valence-electron chi connectivity index (χ1n) is 8.17. The molecule has 0 aliphatic carbocycles. The van der Waals surface area contributed by atoms with Crippen LogP contribution in [-0.4, -0.2) is 41.1 Å². The molecule has 5 heteroatoms. The van der Waals surface area contributed by atoms with Crippen molar-refractivity contribution in [2.75, 3.05) is 13.1 Å². The summed E-state index contributed by atoms with van der Waals surface area (Å²) in [6.07, 6.45) is 0.152. The maximum atomic E-state index is 12.9. The molecule has 4 rings (SSSR count). The molecule has 2 atom stereocenters. The lowest BCUT2D eigenvalue weighted by Crippen LogP contribution is -2.48. The van der Waals surface area contributed by atoms with E-state index in [0.717, 1.165) is 31.8 Å². The number of carbonyl (C=O) groups excluding carboxylic acids is 1. The molecule has 4 nitrogen and oxygen atoms in total. The highest BCUT2D eigenvalue weighted by atomic mass is 79.9. The molecule has 0 bridgehead atoms. The SMILES string of the molecule is CC1CN(C(=O)c2ccc3[nH]c4cc(Br)ccc4c3c2)CC(C)O1. The predicted molar refractivity (Wildman–Crippen MR) is 99.4 cm³/mol. The Balaban J connectivity index is 1.74. The van der Waals surface area contributed by atoms with Gasteiger partial charge < -0.3 is 14.6 Å². The second kappa shape index (κ2) is 5.90. The van der Waals surface area contributed by atoms with Crippen LogP contribution in [0.2, 0.25) is 0 Å². The first-order chi connectivity index (χ1) is 11.5. The number of H-pyrrole nitrogens is 1. The van der Waals surface area contributed by atoms with Gasteiger partial charge in [0.15, 0.2) is 0 Å². The van der Waals surface area contributed by atoms with Crippen molar-refractivity contribution in [3.8, 4) is 0 Å². The number of morpholine rings is 1. The molecule has 1 aliphatic heterocycles. The third kappa shape index (κ3) is 2.72. The smallest absolute Gasteiger partial charge is 0.254 e. The van der Waals surface area contributed by atoms with Gasteiger partial charge in [0.05, 0.1) is 12.2 Å². The Bertz CT molecular complexity index is 924. The van der Waals surface area contributed by atoms with E-state index < -0.39 is 0 Å². The molecule has 1 N–H and O–H groups in total. The van der Waals surface area contributed by atoms with Crippen LogP contribution >= 0.6 is 15.9 Å². The fraction of sp³-hybridized carbons (Fsp3) is 0.316. The van der Waals surface area contributed by atoms with E-state index in [1.165, 1.54) is 0 Å². The normalized spacial score (nSPS) is 21.5. The van der Waals surface area contributed by atoms with Crippen molar-refractivity contribution in [2.45, 2.75) is 26.1 Å². The molecule has 1 aliphatic rings. The molecule has 3 aromatic rings. The number of fused-ring (bicyclic) bond motifs is 3. The van der Waals surface area contributed by atoms with Crippen molar-refractivity contribution in [3.05, 3.63) is 46.4 Å². The molecular formula is C19H19BrN2O2. The number of benzene rings is 2. The van der Waals surface area contributed by atoms with Gasteiger partial charge in [-0.05, 0) is 44.2 Å². The van der Waals surface area contributed by atoms with Crippen LogP contribution < -0.4 is 0 Å². The Morgan fingerprint density at radius 2 is 1.83 bits per heavy atom. The molecular weight excluding hydrogens is 368 g/mol. The van der Waals surface area contributed by atoms with Crippen LogP contribution in [0, 0.1) is 0 Å². The van der Waals surface area contributed by atoms with Gasteiger partial charge in [0.2, 0.25) is 0 Å². The Morgan fingerprint density at radius 1 is 1.08 bits per heavy atom. The van der Waals surface area contributed by atoms with E-state index in [-0.39, 0.29) is 18.1 Å². The van der Waals surface area contributed by atoms with Gasteiger partial charge in [-0.1, -0.05) is 22.0 Å². The van der Waals surface area contributed by atoms with Gasteiger partial charge in [-0.3, -0.25) is 4.79 Å². The van der Waals surface area contributed by atoms with Crippen molar-refractivity contribution in [1.29, 1.82) is 0 Å². The average Bonchev–Trinajstić information content (AvgIpc) is 2.89. The van der Waals surface area contributed by atoms with Crippen LogP contribution in [0.15, 0.2) is 40.9 Å². The van der Waals surface area contributed by atoms with Gasteiger partial charge in [0.1, 0.15) is 0 Å². The molecule has 2 heterocycles. The number of aromatic amines is 1. The molecule has 24 heavy (non-hydrogen) atoms. The summed E-state index contributed by atoms with van der Waals surface area (Å²) in [4.78, 5) is 18.2. The highest BCUT2D eigenvalue weighted by molar-refractivity contribution is 9.10. The topological polar surface area (TPSA) is 45.3 Å². The van der Waals surface area contributed by atoms with E-state index in [1.807, 2.05) is 43.0 Å². The summed E-state index contributed by atoms with van der Waals surface area (Å²) in [5, 5.41) is 2.21. The average molecular weight is 387 g/mol. The summed E-state index contributed by atoms with van der Waals surface area (Å²) < 4.78 is 6.76. The number of nitrogens with one attached hydrogen (secondary N) is 1.